The fourth-order valence-electron chi connectivity index (χ4n) is 4.96. The van der Waals surface area contributed by atoms with E-state index >= 15 is 0 Å². The van der Waals surface area contributed by atoms with Crippen LogP contribution in [0.4, 0.5) is 11.6 Å². The van der Waals surface area contributed by atoms with Crippen molar-refractivity contribution in [2.24, 2.45) is 10.9 Å². The molecule has 10 heteroatoms. The smallest absolute Gasteiger partial charge is 0.236 e. The van der Waals surface area contributed by atoms with Gasteiger partial charge in [-0.25, -0.2) is 9.97 Å². The highest BCUT2D eigenvalue weighted by Crippen LogP contribution is 2.24. The number of amides is 1. The van der Waals surface area contributed by atoms with Gasteiger partial charge in [0.05, 0.1) is 36.0 Å². The number of benzene rings is 1. The van der Waals surface area contributed by atoms with Crippen LogP contribution in [0.15, 0.2) is 41.8 Å². The molecule has 2 saturated heterocycles. The van der Waals surface area contributed by atoms with Gasteiger partial charge in [0.25, 0.3) is 0 Å². The Morgan fingerprint density at radius 2 is 1.76 bits per heavy atom. The second kappa shape index (κ2) is 9.76. The predicted molar refractivity (Wildman–Crippen MR) is 132 cm³/mol. The number of fused-ring (bicyclic) bond motifs is 1. The van der Waals surface area contributed by atoms with E-state index in [-0.39, 0.29) is 5.91 Å². The van der Waals surface area contributed by atoms with Crippen molar-refractivity contribution >= 4 is 29.0 Å². The molecular formula is C24H31N9O. The summed E-state index contributed by atoms with van der Waals surface area (Å²) in [5.41, 5.74) is 4.81. The third kappa shape index (κ3) is 4.86. The quantitative estimate of drug-likeness (QED) is 0.443. The van der Waals surface area contributed by atoms with Crippen molar-refractivity contribution in [2.75, 3.05) is 56.0 Å². The summed E-state index contributed by atoms with van der Waals surface area (Å²) in [6, 6.07) is 8.89. The van der Waals surface area contributed by atoms with Crippen molar-refractivity contribution in [2.45, 2.75) is 25.3 Å². The van der Waals surface area contributed by atoms with Gasteiger partial charge in [-0.2, -0.15) is 5.10 Å². The lowest BCUT2D eigenvalue weighted by Gasteiger charge is -2.37. The van der Waals surface area contributed by atoms with Gasteiger partial charge in [-0.05, 0) is 24.0 Å². The van der Waals surface area contributed by atoms with Gasteiger partial charge in [-0.1, -0.05) is 24.3 Å². The summed E-state index contributed by atoms with van der Waals surface area (Å²) >= 11 is 0. The number of rotatable bonds is 5. The van der Waals surface area contributed by atoms with E-state index < -0.39 is 0 Å². The van der Waals surface area contributed by atoms with Crippen LogP contribution in [0.25, 0.3) is 0 Å². The number of piperazine rings is 1. The number of likely N-dealkylation sites (tertiary alicyclic amines) is 1. The summed E-state index contributed by atoms with van der Waals surface area (Å²) in [7, 11) is 0. The van der Waals surface area contributed by atoms with Gasteiger partial charge in [0.1, 0.15) is 0 Å². The maximum absolute atomic E-state index is 12.8. The standard InChI is InChI=1S/C24H31N9O/c25-21-5-6-31(15-22(21)30-26)16-23(34)33-9-7-32(8-10-33)20-13-27-24(28-14-20)29-19-11-17-3-1-2-4-18(17)12-19/h1-4,13-14,19,25H,5-12,15-16,26H2,(H,27,28,29). The van der Waals surface area contributed by atoms with E-state index in [0.29, 0.717) is 62.6 Å². The lowest BCUT2D eigenvalue weighted by molar-refractivity contribution is -0.132. The first-order valence-electron chi connectivity index (χ1n) is 11.8. The minimum absolute atomic E-state index is 0.109. The number of hydrogen-bond donors (Lipinski definition) is 3. The summed E-state index contributed by atoms with van der Waals surface area (Å²) in [5.74, 6) is 6.14. The molecule has 1 aromatic carbocycles. The largest absolute Gasteiger partial charge is 0.365 e. The van der Waals surface area contributed by atoms with Crippen LogP contribution in [0.3, 0.4) is 0 Å². The summed E-state index contributed by atoms with van der Waals surface area (Å²) < 4.78 is 0. The van der Waals surface area contributed by atoms with Crippen LogP contribution in [-0.4, -0.2) is 89.0 Å². The molecule has 178 valence electrons. The van der Waals surface area contributed by atoms with Crippen LogP contribution >= 0.6 is 0 Å². The number of nitrogens with one attached hydrogen (secondary N) is 2. The van der Waals surface area contributed by atoms with Crippen molar-refractivity contribution in [3.05, 3.63) is 47.8 Å². The Labute approximate surface area is 199 Å². The molecule has 0 atom stereocenters. The number of hydrogen-bond acceptors (Lipinski definition) is 9. The number of hydrazone groups is 1. The number of carbonyl (C=O) groups is 1. The SMILES string of the molecule is N=C1CCN(CC(=O)N2CCN(c3cnc(NC4Cc5ccccc5C4)nc3)CC2)CC1=NN. The number of nitrogens with two attached hydrogens (primary N) is 1. The van der Waals surface area contributed by atoms with Gasteiger partial charge < -0.3 is 26.4 Å². The molecule has 2 aliphatic heterocycles. The van der Waals surface area contributed by atoms with Crippen molar-refractivity contribution in [3.63, 3.8) is 0 Å². The average molecular weight is 462 g/mol. The first kappa shape index (κ1) is 22.3. The van der Waals surface area contributed by atoms with Gasteiger partial charge in [0.2, 0.25) is 11.9 Å². The Morgan fingerprint density at radius 1 is 1.09 bits per heavy atom. The van der Waals surface area contributed by atoms with Crippen molar-refractivity contribution in [1.29, 1.82) is 5.41 Å². The summed E-state index contributed by atoms with van der Waals surface area (Å²) in [4.78, 5) is 28.0. The number of piperidine rings is 1. The molecule has 2 fully saturated rings. The number of aromatic nitrogens is 2. The first-order valence-corrected chi connectivity index (χ1v) is 11.8. The fourth-order valence-corrected chi connectivity index (χ4v) is 4.96. The molecule has 0 bridgehead atoms. The van der Waals surface area contributed by atoms with Crippen LogP contribution < -0.4 is 16.1 Å². The Bertz CT molecular complexity index is 1050. The maximum atomic E-state index is 12.8. The Hall–Kier alpha value is -3.53. The first-order chi connectivity index (χ1) is 16.6. The Kier molecular flexibility index (Phi) is 6.39. The van der Waals surface area contributed by atoms with E-state index in [1.54, 1.807) is 0 Å². The minimum atomic E-state index is 0.109. The van der Waals surface area contributed by atoms with Crippen LogP contribution in [0.5, 0.6) is 0 Å². The molecule has 3 aliphatic rings. The second-order valence-corrected chi connectivity index (χ2v) is 9.17. The molecular weight excluding hydrogens is 430 g/mol. The minimum Gasteiger partial charge on any atom is -0.365 e. The van der Waals surface area contributed by atoms with E-state index in [0.717, 1.165) is 31.6 Å². The van der Waals surface area contributed by atoms with Crippen molar-refractivity contribution in [1.82, 2.24) is 19.8 Å². The fraction of sp³-hybridized carbons (Fsp3) is 0.458. The number of nitrogens with zero attached hydrogens (tertiary/aromatic N) is 6. The number of carbonyl (C=O) groups excluding carboxylic acids is 1. The highest BCUT2D eigenvalue weighted by Gasteiger charge is 2.27. The second-order valence-electron chi connectivity index (χ2n) is 9.17. The van der Waals surface area contributed by atoms with E-state index in [9.17, 15) is 4.79 Å². The van der Waals surface area contributed by atoms with E-state index in [2.05, 4.69) is 49.6 Å². The maximum Gasteiger partial charge on any atom is 0.236 e. The molecule has 10 nitrogen and oxygen atoms in total. The topological polar surface area (TPSA) is 127 Å². The van der Waals surface area contributed by atoms with E-state index in [4.69, 9.17) is 11.3 Å². The van der Waals surface area contributed by atoms with Gasteiger partial charge in [0.15, 0.2) is 0 Å². The number of anilines is 2. The van der Waals surface area contributed by atoms with Crippen LogP contribution in [0, 0.1) is 5.41 Å². The molecule has 5 rings (SSSR count). The van der Waals surface area contributed by atoms with Gasteiger partial charge in [0, 0.05) is 51.7 Å². The van der Waals surface area contributed by atoms with E-state index in [1.165, 1.54) is 11.1 Å². The molecule has 4 N–H and O–H groups in total. The molecule has 0 unspecified atom stereocenters. The molecule has 1 amide bonds. The van der Waals surface area contributed by atoms with Gasteiger partial charge >= 0.3 is 0 Å². The summed E-state index contributed by atoms with van der Waals surface area (Å²) in [6.45, 7) is 4.32. The summed E-state index contributed by atoms with van der Waals surface area (Å²) in [6.07, 6.45) is 6.31. The van der Waals surface area contributed by atoms with Gasteiger partial charge in [-0.15, -0.1) is 0 Å². The third-order valence-electron chi connectivity index (χ3n) is 6.93. The van der Waals surface area contributed by atoms with Crippen molar-refractivity contribution in [3.8, 4) is 0 Å². The third-order valence-corrected chi connectivity index (χ3v) is 6.93. The van der Waals surface area contributed by atoms with Crippen LogP contribution in [0.1, 0.15) is 17.5 Å². The zero-order valence-corrected chi connectivity index (χ0v) is 19.3. The van der Waals surface area contributed by atoms with Crippen LogP contribution in [0.2, 0.25) is 0 Å². The lowest BCUT2D eigenvalue weighted by atomic mass is 10.1. The van der Waals surface area contributed by atoms with E-state index in [1.807, 2.05) is 22.2 Å². The molecule has 0 saturated carbocycles. The molecule has 0 spiro atoms. The zero-order valence-electron chi connectivity index (χ0n) is 19.3. The molecule has 1 aromatic heterocycles. The monoisotopic (exact) mass is 461 g/mol. The highest BCUT2D eigenvalue weighted by atomic mass is 16.2. The summed E-state index contributed by atoms with van der Waals surface area (Å²) in [5, 5.41) is 15.0. The van der Waals surface area contributed by atoms with Crippen LogP contribution in [-0.2, 0) is 17.6 Å². The highest BCUT2D eigenvalue weighted by molar-refractivity contribution is 6.42. The predicted octanol–water partition coefficient (Wildman–Crippen LogP) is 0.745. The average Bonchev–Trinajstić information content (AvgIpc) is 3.28. The normalized spacial score (nSPS) is 20.6. The van der Waals surface area contributed by atoms with Crippen molar-refractivity contribution < 1.29 is 4.79 Å². The Balaban J connectivity index is 1.09. The molecule has 0 radical (unpaired) electrons. The van der Waals surface area contributed by atoms with Gasteiger partial charge in [-0.3, -0.25) is 9.69 Å². The molecule has 3 heterocycles. The zero-order chi connectivity index (χ0) is 23.5. The Morgan fingerprint density at radius 3 is 2.41 bits per heavy atom. The molecule has 1 aliphatic carbocycles. The molecule has 2 aromatic rings. The molecule has 34 heavy (non-hydrogen) atoms. The lowest BCUT2D eigenvalue weighted by Crippen LogP contribution is -2.53.